The molecule has 0 bridgehead atoms. The van der Waals surface area contributed by atoms with Crippen LogP contribution in [0.3, 0.4) is 0 Å². The molecule has 1 aromatic rings. The maximum absolute atomic E-state index is 12.9. The molecule has 0 radical (unpaired) electrons. The number of unbranched alkanes of at least 4 members (excludes halogenated alkanes) is 3. The van der Waals surface area contributed by atoms with Crippen LogP contribution in [0.5, 0.6) is 5.75 Å². The van der Waals surface area contributed by atoms with Gasteiger partial charge >= 0.3 is 10.1 Å². The summed E-state index contributed by atoms with van der Waals surface area (Å²) in [7, 11) is -8.41. The van der Waals surface area contributed by atoms with Gasteiger partial charge < -0.3 is 4.18 Å². The van der Waals surface area contributed by atoms with Crippen molar-refractivity contribution in [1.29, 1.82) is 0 Å². The molecule has 31 heavy (non-hydrogen) atoms. The number of hydrogen-bond donors (Lipinski definition) is 2. The van der Waals surface area contributed by atoms with Crippen LogP contribution in [0.2, 0.25) is 0 Å². The molecule has 1 aromatic carbocycles. The Morgan fingerprint density at radius 3 is 2.42 bits per heavy atom. The van der Waals surface area contributed by atoms with Crippen molar-refractivity contribution in [3.8, 4) is 5.75 Å². The van der Waals surface area contributed by atoms with E-state index in [1.165, 1.54) is 23.0 Å². The molecule has 2 rings (SSSR count). The summed E-state index contributed by atoms with van der Waals surface area (Å²) < 4.78 is 54.3. The maximum atomic E-state index is 12.9. The van der Waals surface area contributed by atoms with Crippen molar-refractivity contribution in [2.75, 3.05) is 0 Å². The summed E-state index contributed by atoms with van der Waals surface area (Å²) in [6.45, 7) is 2.00. The van der Waals surface area contributed by atoms with Crippen molar-refractivity contribution in [2.24, 2.45) is 0 Å². The zero-order chi connectivity index (χ0) is 23.3. The summed E-state index contributed by atoms with van der Waals surface area (Å²) in [5.74, 6) is -1.14. The van der Waals surface area contributed by atoms with Crippen LogP contribution in [0.25, 0.3) is 0 Å². The lowest BCUT2D eigenvalue weighted by molar-refractivity contribution is -0.128. The second kappa shape index (κ2) is 10.9. The molecule has 1 heterocycles. The largest absolute Gasteiger partial charge is 0.381 e. The summed E-state index contributed by atoms with van der Waals surface area (Å²) >= 11 is 10.3. The van der Waals surface area contributed by atoms with Gasteiger partial charge in [-0.1, -0.05) is 78.0 Å². The molecule has 0 spiro atoms. The molecule has 0 saturated heterocycles. The summed E-state index contributed by atoms with van der Waals surface area (Å²) in [5.41, 5.74) is 1.41. The zero-order valence-electron chi connectivity index (χ0n) is 16.5. The predicted octanol–water partition coefficient (Wildman–Crippen LogP) is 3.93. The fourth-order valence-corrected chi connectivity index (χ4v) is 8.41. The van der Waals surface area contributed by atoms with Gasteiger partial charge in [0.25, 0.3) is 5.91 Å². The molecule has 0 fully saturated rings. The number of carbonyl (C=O) groups excluding carboxylic acids is 1. The average Bonchev–Trinajstić information content (AvgIpc) is 3.07. The van der Waals surface area contributed by atoms with Gasteiger partial charge in [-0.3, -0.25) is 10.0 Å². The molecule has 0 aromatic heterocycles. The van der Waals surface area contributed by atoms with E-state index < -0.39 is 39.5 Å². The SMILES string of the molecule is CCCCCCC(C(=O)NO)S(=O)(=O)c1ccc(OS(=O)(=O)C2(Cl)SC=CC2Br)cc1. The third-order valence-corrected chi connectivity index (χ3v) is 12.8. The zero-order valence-corrected chi connectivity index (χ0v) is 21.3. The summed E-state index contributed by atoms with van der Waals surface area (Å²) in [6.07, 6.45) is 4.73. The van der Waals surface area contributed by atoms with Gasteiger partial charge in [-0.05, 0) is 36.1 Å². The van der Waals surface area contributed by atoms with Gasteiger partial charge in [0.05, 0.1) is 9.72 Å². The first-order valence-electron chi connectivity index (χ1n) is 9.39. The quantitative estimate of drug-likeness (QED) is 0.133. The number of halogens is 2. The van der Waals surface area contributed by atoms with Crippen molar-refractivity contribution in [1.82, 2.24) is 5.48 Å². The standard InChI is InChI=1S/C18H23BrClNO7S3/c1-2-3-4-5-6-15(17(22)21-23)30(24,25)14-9-7-13(8-10-14)28-31(26,27)18(20)16(19)11-12-29-18/h7-12,15-16,23H,2-6H2,1H3,(H,21,22). The van der Waals surface area contributed by atoms with Gasteiger partial charge in [-0.25, -0.2) is 13.9 Å². The van der Waals surface area contributed by atoms with Crippen LogP contribution in [0.15, 0.2) is 40.6 Å². The minimum atomic E-state index is -4.29. The number of hydrogen-bond acceptors (Lipinski definition) is 8. The van der Waals surface area contributed by atoms with Crippen molar-refractivity contribution in [3.63, 3.8) is 0 Å². The Labute approximate surface area is 199 Å². The normalized spacial score (nSPS) is 22.3. The Bertz CT molecular complexity index is 1020. The van der Waals surface area contributed by atoms with Crippen molar-refractivity contribution in [3.05, 3.63) is 35.7 Å². The van der Waals surface area contributed by atoms with E-state index in [1.54, 1.807) is 6.08 Å². The Balaban J connectivity index is 2.20. The summed E-state index contributed by atoms with van der Waals surface area (Å²) in [6, 6.07) is 4.64. The lowest BCUT2D eigenvalue weighted by atomic mass is 10.1. The van der Waals surface area contributed by atoms with Crippen molar-refractivity contribution < 1.29 is 31.0 Å². The molecule has 13 heteroatoms. The predicted molar refractivity (Wildman–Crippen MR) is 124 cm³/mol. The van der Waals surface area contributed by atoms with Crippen LogP contribution in [-0.4, -0.2) is 41.6 Å². The van der Waals surface area contributed by atoms with Gasteiger partial charge in [0.15, 0.2) is 9.84 Å². The monoisotopic (exact) mass is 575 g/mol. The van der Waals surface area contributed by atoms with Crippen LogP contribution in [0.4, 0.5) is 0 Å². The first-order valence-corrected chi connectivity index (χ1v) is 14.5. The molecule has 0 saturated carbocycles. The second-order valence-electron chi connectivity index (χ2n) is 6.80. The van der Waals surface area contributed by atoms with Crippen molar-refractivity contribution >= 4 is 65.2 Å². The van der Waals surface area contributed by atoms with E-state index in [4.69, 9.17) is 21.0 Å². The van der Waals surface area contributed by atoms with E-state index in [1.807, 2.05) is 6.92 Å². The molecule has 8 nitrogen and oxygen atoms in total. The maximum Gasteiger partial charge on any atom is 0.340 e. The molecule has 1 amide bonds. The Morgan fingerprint density at radius 2 is 1.90 bits per heavy atom. The smallest absolute Gasteiger partial charge is 0.340 e. The van der Waals surface area contributed by atoms with E-state index in [0.29, 0.717) is 6.42 Å². The van der Waals surface area contributed by atoms with E-state index in [0.717, 1.165) is 43.2 Å². The topological polar surface area (TPSA) is 127 Å². The molecule has 0 aliphatic carbocycles. The number of benzene rings is 1. The molecule has 174 valence electrons. The highest BCUT2D eigenvalue weighted by molar-refractivity contribution is 9.10. The first kappa shape index (κ1) is 26.5. The van der Waals surface area contributed by atoms with Crippen molar-refractivity contribution in [2.45, 2.75) is 57.5 Å². The fourth-order valence-electron chi connectivity index (χ4n) is 2.87. The number of amides is 1. The molecule has 1 aliphatic heterocycles. The number of rotatable bonds is 11. The van der Waals surface area contributed by atoms with Crippen LogP contribution in [0.1, 0.15) is 39.0 Å². The highest BCUT2D eigenvalue weighted by atomic mass is 79.9. The Morgan fingerprint density at radius 1 is 1.26 bits per heavy atom. The number of carbonyl (C=O) groups is 1. The minimum absolute atomic E-state index is 0.0486. The van der Waals surface area contributed by atoms with Crippen LogP contribution < -0.4 is 9.66 Å². The average molecular weight is 577 g/mol. The fraction of sp³-hybridized carbons (Fsp3) is 0.500. The molecule has 3 unspecified atom stereocenters. The van der Waals surface area contributed by atoms with Crippen LogP contribution >= 0.6 is 39.3 Å². The number of alkyl halides is 2. The van der Waals surface area contributed by atoms with Gasteiger partial charge in [-0.2, -0.15) is 8.42 Å². The van der Waals surface area contributed by atoms with Gasteiger partial charge in [0, 0.05) is 0 Å². The van der Waals surface area contributed by atoms with Gasteiger partial charge in [-0.15, -0.1) is 0 Å². The van der Waals surface area contributed by atoms with Crippen LogP contribution in [0, 0.1) is 0 Å². The van der Waals surface area contributed by atoms with E-state index in [9.17, 15) is 21.6 Å². The highest BCUT2D eigenvalue weighted by Gasteiger charge is 2.52. The van der Waals surface area contributed by atoms with E-state index in [-0.39, 0.29) is 17.1 Å². The highest BCUT2D eigenvalue weighted by Crippen LogP contribution is 2.49. The van der Waals surface area contributed by atoms with Gasteiger partial charge in [0.2, 0.25) is 3.54 Å². The minimum Gasteiger partial charge on any atom is -0.381 e. The van der Waals surface area contributed by atoms with Gasteiger partial charge in [0.1, 0.15) is 11.0 Å². The summed E-state index contributed by atoms with van der Waals surface area (Å²) in [4.78, 5) is 11.1. The van der Waals surface area contributed by atoms with E-state index in [2.05, 4.69) is 15.9 Å². The second-order valence-corrected chi connectivity index (χ2v) is 14.1. The van der Waals surface area contributed by atoms with Crippen LogP contribution in [-0.2, 0) is 24.7 Å². The number of allylic oxidation sites excluding steroid dienone is 1. The number of thioether (sulfide) groups is 1. The lowest BCUT2D eigenvalue weighted by Gasteiger charge is -2.23. The molecular weight excluding hydrogens is 554 g/mol. The number of sulfone groups is 1. The number of nitrogens with one attached hydrogen (secondary N) is 1. The summed E-state index contributed by atoms with van der Waals surface area (Å²) in [5, 5.41) is 9.04. The molecule has 2 N–H and O–H groups in total. The third kappa shape index (κ3) is 5.97. The molecule has 3 atom stereocenters. The first-order chi connectivity index (χ1) is 14.5. The third-order valence-electron chi connectivity index (χ3n) is 4.60. The van der Waals surface area contributed by atoms with E-state index >= 15 is 0 Å². The Kier molecular flexibility index (Phi) is 9.29. The molecular formula is C18H23BrClNO7S3. The molecule has 1 aliphatic rings. The number of hydroxylamine groups is 1. The Hall–Kier alpha value is -0.790. The lowest BCUT2D eigenvalue weighted by Crippen LogP contribution is -2.38.